The van der Waals surface area contributed by atoms with E-state index in [9.17, 15) is 20.1 Å². The molecule has 5 aliphatic rings. The molecule has 0 bridgehead atoms. The third-order valence-corrected chi connectivity index (χ3v) is 12.4. The van der Waals surface area contributed by atoms with Gasteiger partial charge in [-0.05, 0) is 91.3 Å². The van der Waals surface area contributed by atoms with Gasteiger partial charge in [0.1, 0.15) is 0 Å². The molecule has 0 aromatic heterocycles. The zero-order chi connectivity index (χ0) is 24.2. The largest absolute Gasteiger partial charge is 0.481 e. The first-order valence-electron chi connectivity index (χ1n) is 13.2. The predicted molar refractivity (Wildman–Crippen MR) is 129 cm³/mol. The molecular formula is C29H44O4. The van der Waals surface area contributed by atoms with Gasteiger partial charge in [0.25, 0.3) is 0 Å². The highest BCUT2D eigenvalue weighted by molar-refractivity contribution is 5.77. The summed E-state index contributed by atoms with van der Waals surface area (Å²) in [7, 11) is 0. The molecule has 0 amide bonds. The van der Waals surface area contributed by atoms with Crippen LogP contribution in [0.1, 0.15) is 92.4 Å². The highest BCUT2D eigenvalue weighted by atomic mass is 16.4. The second kappa shape index (κ2) is 6.97. The van der Waals surface area contributed by atoms with Crippen LogP contribution in [0.3, 0.4) is 0 Å². The minimum Gasteiger partial charge on any atom is -0.481 e. The summed E-state index contributed by atoms with van der Waals surface area (Å²) < 4.78 is 0. The molecule has 0 aromatic carbocycles. The molecule has 9 atom stereocenters. The maximum atomic E-state index is 12.6. The molecule has 4 fully saturated rings. The van der Waals surface area contributed by atoms with Gasteiger partial charge < -0.3 is 15.3 Å². The third-order valence-electron chi connectivity index (χ3n) is 12.4. The molecule has 4 nitrogen and oxygen atoms in total. The van der Waals surface area contributed by atoms with Crippen LogP contribution in [0.15, 0.2) is 23.8 Å². The molecule has 5 rings (SSSR count). The van der Waals surface area contributed by atoms with E-state index in [-0.39, 0.29) is 27.6 Å². The average Bonchev–Trinajstić information content (AvgIpc) is 2.72. The SMILES string of the molecule is C=C1CC[C@]2(C(=O)O)CC[C@]3(C)C(=CC[C@@H]4[C@@]5(C)C[C@@H](O)[C@@H](O)C(C)(C)[C@@H]5CC[C@]43C)[C@@H]2C1. The van der Waals surface area contributed by atoms with Crippen molar-refractivity contribution in [2.75, 3.05) is 0 Å². The number of rotatable bonds is 1. The Hall–Kier alpha value is -1.13. The van der Waals surface area contributed by atoms with Gasteiger partial charge in [-0.3, -0.25) is 4.79 Å². The molecule has 5 aliphatic carbocycles. The lowest BCUT2D eigenvalue weighted by Crippen LogP contribution is -2.66. The van der Waals surface area contributed by atoms with E-state index in [4.69, 9.17) is 0 Å². The van der Waals surface area contributed by atoms with E-state index in [0.29, 0.717) is 18.3 Å². The molecule has 0 saturated heterocycles. The van der Waals surface area contributed by atoms with Gasteiger partial charge >= 0.3 is 5.97 Å². The van der Waals surface area contributed by atoms with Gasteiger partial charge in [0.2, 0.25) is 0 Å². The van der Waals surface area contributed by atoms with Crippen LogP contribution in [0.5, 0.6) is 0 Å². The molecule has 0 radical (unpaired) electrons. The maximum absolute atomic E-state index is 12.6. The van der Waals surface area contributed by atoms with Crippen LogP contribution in [0, 0.1) is 44.8 Å². The van der Waals surface area contributed by atoms with Crippen molar-refractivity contribution in [2.45, 2.75) is 105 Å². The Morgan fingerprint density at radius 3 is 2.39 bits per heavy atom. The normalized spacial score (nSPS) is 53.1. The molecule has 0 aliphatic heterocycles. The van der Waals surface area contributed by atoms with Crippen molar-refractivity contribution in [1.82, 2.24) is 0 Å². The van der Waals surface area contributed by atoms with Crippen LogP contribution < -0.4 is 0 Å². The highest BCUT2D eigenvalue weighted by Gasteiger charge is 2.69. The Kier molecular flexibility index (Phi) is 4.98. The Labute approximate surface area is 199 Å². The van der Waals surface area contributed by atoms with Gasteiger partial charge in [-0.1, -0.05) is 58.4 Å². The number of fused-ring (bicyclic) bond motifs is 7. The average molecular weight is 457 g/mol. The smallest absolute Gasteiger partial charge is 0.310 e. The summed E-state index contributed by atoms with van der Waals surface area (Å²) >= 11 is 0. The fourth-order valence-corrected chi connectivity index (χ4v) is 10.3. The van der Waals surface area contributed by atoms with Gasteiger partial charge in [-0.2, -0.15) is 0 Å². The Morgan fingerprint density at radius 1 is 1.03 bits per heavy atom. The van der Waals surface area contributed by atoms with E-state index in [1.54, 1.807) is 0 Å². The van der Waals surface area contributed by atoms with E-state index in [2.05, 4.69) is 47.3 Å². The van der Waals surface area contributed by atoms with Crippen molar-refractivity contribution < 1.29 is 20.1 Å². The second-order valence-electron chi connectivity index (χ2n) is 13.8. The molecule has 0 heterocycles. The van der Waals surface area contributed by atoms with Crippen LogP contribution in [0.2, 0.25) is 0 Å². The van der Waals surface area contributed by atoms with Crippen molar-refractivity contribution in [1.29, 1.82) is 0 Å². The fourth-order valence-electron chi connectivity index (χ4n) is 10.3. The summed E-state index contributed by atoms with van der Waals surface area (Å²) in [6.45, 7) is 15.9. The standard InChI is InChI=1S/C29H44O4/c1-17-9-12-29(24(32)33)14-13-27(5)18(19(29)15-17)7-8-22-26(4)16-20(30)23(31)25(2,3)21(26)10-11-28(22,27)6/h7,19-23,30-31H,1,8-16H2,2-6H3,(H,32,33)/t19-,20+,21-,22+,23+,26-,27+,28+,29-/m0/s1. The fraction of sp³-hybridized carbons (Fsp3) is 0.828. The van der Waals surface area contributed by atoms with E-state index in [1.165, 1.54) is 11.1 Å². The Balaban J connectivity index is 1.61. The number of aliphatic carboxylic acids is 1. The summed E-state index contributed by atoms with van der Waals surface area (Å²) in [6, 6.07) is 0. The number of hydrogen-bond donors (Lipinski definition) is 3. The minimum absolute atomic E-state index is 0.0315. The first-order chi connectivity index (χ1) is 15.2. The van der Waals surface area contributed by atoms with Gasteiger partial charge in [0.15, 0.2) is 0 Å². The van der Waals surface area contributed by atoms with Crippen molar-refractivity contribution in [3.05, 3.63) is 23.8 Å². The zero-order valence-corrected chi connectivity index (χ0v) is 21.3. The monoisotopic (exact) mass is 456 g/mol. The third kappa shape index (κ3) is 2.74. The summed E-state index contributed by atoms with van der Waals surface area (Å²) in [6.07, 6.45) is 8.89. The molecule has 3 N–H and O–H groups in total. The number of hydrogen-bond acceptors (Lipinski definition) is 3. The lowest BCUT2D eigenvalue weighted by Gasteiger charge is -2.71. The Bertz CT molecular complexity index is 919. The van der Waals surface area contributed by atoms with Crippen LogP contribution in [-0.2, 0) is 4.79 Å². The summed E-state index contributed by atoms with van der Waals surface area (Å²) in [4.78, 5) is 12.6. The van der Waals surface area contributed by atoms with Crippen molar-refractivity contribution in [2.24, 2.45) is 44.8 Å². The first-order valence-corrected chi connectivity index (χ1v) is 13.2. The molecule has 0 spiro atoms. The molecular weight excluding hydrogens is 412 g/mol. The maximum Gasteiger partial charge on any atom is 0.310 e. The number of aliphatic hydroxyl groups is 2. The van der Waals surface area contributed by atoms with Crippen molar-refractivity contribution in [3.8, 4) is 0 Å². The predicted octanol–water partition coefficient (Wildman–Crippen LogP) is 5.73. The summed E-state index contributed by atoms with van der Waals surface area (Å²) in [5.41, 5.74) is 1.64. The highest BCUT2D eigenvalue weighted by Crippen LogP contribution is 2.75. The lowest BCUT2D eigenvalue weighted by molar-refractivity contribution is -0.231. The number of carbonyl (C=O) groups is 1. The van der Waals surface area contributed by atoms with Crippen LogP contribution in [0.4, 0.5) is 0 Å². The summed E-state index contributed by atoms with van der Waals surface area (Å²) in [5, 5.41) is 32.2. The van der Waals surface area contributed by atoms with Crippen molar-refractivity contribution >= 4 is 5.97 Å². The molecule has 184 valence electrons. The molecule has 4 saturated carbocycles. The van der Waals surface area contributed by atoms with Crippen LogP contribution in [-0.4, -0.2) is 33.5 Å². The first kappa shape index (κ1) is 23.6. The quantitative estimate of drug-likeness (QED) is 0.440. The number of carboxylic acid groups (broad SMARTS) is 1. The van der Waals surface area contributed by atoms with Crippen molar-refractivity contribution in [3.63, 3.8) is 0 Å². The minimum atomic E-state index is -0.686. The van der Waals surface area contributed by atoms with E-state index >= 15 is 0 Å². The van der Waals surface area contributed by atoms with Gasteiger partial charge in [-0.25, -0.2) is 0 Å². The number of aliphatic hydroxyl groups excluding tert-OH is 2. The zero-order valence-electron chi connectivity index (χ0n) is 21.3. The van der Waals surface area contributed by atoms with Crippen LogP contribution >= 0.6 is 0 Å². The topological polar surface area (TPSA) is 77.8 Å². The number of carboxylic acids is 1. The number of allylic oxidation sites excluding steroid dienone is 3. The van der Waals surface area contributed by atoms with E-state index in [0.717, 1.165) is 51.4 Å². The van der Waals surface area contributed by atoms with Gasteiger partial charge in [-0.15, -0.1) is 0 Å². The molecule has 33 heavy (non-hydrogen) atoms. The molecule has 4 heteroatoms. The lowest BCUT2D eigenvalue weighted by atomic mass is 9.33. The Morgan fingerprint density at radius 2 is 1.73 bits per heavy atom. The van der Waals surface area contributed by atoms with Crippen LogP contribution in [0.25, 0.3) is 0 Å². The van der Waals surface area contributed by atoms with E-state index < -0.39 is 23.6 Å². The van der Waals surface area contributed by atoms with Gasteiger partial charge in [0.05, 0.1) is 17.6 Å². The van der Waals surface area contributed by atoms with Gasteiger partial charge in [0, 0.05) is 5.92 Å². The molecule has 0 aromatic rings. The summed E-state index contributed by atoms with van der Waals surface area (Å²) in [5.74, 6) is 0.241. The molecule has 0 unspecified atom stereocenters. The van der Waals surface area contributed by atoms with E-state index in [1.807, 2.05) is 0 Å². The second-order valence-corrected chi connectivity index (χ2v) is 13.8.